The molecule has 2 aromatic rings. The van der Waals surface area contributed by atoms with Crippen LogP contribution in [0.5, 0.6) is 0 Å². The number of hydrogen-bond acceptors (Lipinski definition) is 4. The van der Waals surface area contributed by atoms with Crippen molar-refractivity contribution in [2.75, 3.05) is 0 Å². The van der Waals surface area contributed by atoms with Crippen LogP contribution >= 0.6 is 22.9 Å². The molecule has 1 heterocycles. The molecule has 2 rings (SSSR count). The Labute approximate surface area is 131 Å². The molecule has 0 amide bonds. The van der Waals surface area contributed by atoms with E-state index in [2.05, 4.69) is 4.72 Å². The number of carboxylic acid groups (broad SMARTS) is 1. The normalized spacial score (nSPS) is 15.0. The van der Waals surface area contributed by atoms with Gasteiger partial charge in [-0.2, -0.15) is 4.72 Å². The lowest BCUT2D eigenvalue weighted by Crippen LogP contribution is -2.51. The Balaban J connectivity index is 2.52. The average molecular weight is 348 g/mol. The highest BCUT2D eigenvalue weighted by Gasteiger charge is 2.37. The van der Waals surface area contributed by atoms with E-state index in [1.807, 2.05) is 0 Å². The summed E-state index contributed by atoms with van der Waals surface area (Å²) in [5, 5.41) is 11.6. The summed E-state index contributed by atoms with van der Waals surface area (Å²) in [6.45, 7) is 2.95. The van der Waals surface area contributed by atoms with E-state index in [9.17, 15) is 18.3 Å². The van der Waals surface area contributed by atoms with Crippen LogP contribution in [0, 0.1) is 0 Å². The molecule has 0 bridgehead atoms. The van der Waals surface area contributed by atoms with Gasteiger partial charge in [-0.3, -0.25) is 4.79 Å². The van der Waals surface area contributed by atoms with Crippen LogP contribution in [-0.2, 0) is 14.8 Å². The SMILES string of the molecule is CCC(C)(NS(=O)(=O)c1csc2ccc(Cl)cc12)C(=O)O. The zero-order valence-corrected chi connectivity index (χ0v) is 13.8. The molecule has 2 N–H and O–H groups in total. The van der Waals surface area contributed by atoms with Crippen LogP contribution in [0.25, 0.3) is 10.1 Å². The van der Waals surface area contributed by atoms with Gasteiger partial charge in [0.05, 0.1) is 0 Å². The largest absolute Gasteiger partial charge is 0.480 e. The molecular formula is C13H14ClNO4S2. The first-order valence-electron chi connectivity index (χ1n) is 6.14. The standard InChI is InChI=1S/C13H14ClNO4S2/c1-3-13(2,12(16)17)15-21(18,19)11-7-20-10-5-4-8(14)6-9(10)11/h4-7,15H,3H2,1-2H3,(H,16,17). The molecule has 0 saturated heterocycles. The molecule has 0 saturated carbocycles. The molecule has 1 aromatic heterocycles. The zero-order chi connectivity index (χ0) is 15.8. The van der Waals surface area contributed by atoms with Crippen molar-refractivity contribution in [3.05, 3.63) is 28.6 Å². The van der Waals surface area contributed by atoms with E-state index in [0.29, 0.717) is 10.4 Å². The van der Waals surface area contributed by atoms with Crippen molar-refractivity contribution in [2.45, 2.75) is 30.7 Å². The fourth-order valence-corrected chi connectivity index (χ4v) is 4.89. The Morgan fingerprint density at radius 3 is 2.71 bits per heavy atom. The van der Waals surface area contributed by atoms with Gasteiger partial charge in [0, 0.05) is 20.5 Å². The van der Waals surface area contributed by atoms with Gasteiger partial charge in [0.15, 0.2) is 0 Å². The summed E-state index contributed by atoms with van der Waals surface area (Å²) >= 11 is 7.17. The van der Waals surface area contributed by atoms with Crippen molar-refractivity contribution in [2.24, 2.45) is 0 Å². The third kappa shape index (κ3) is 3.06. The Hall–Kier alpha value is -1.15. The highest BCUT2D eigenvalue weighted by molar-refractivity contribution is 7.90. The van der Waals surface area contributed by atoms with Gasteiger partial charge in [-0.05, 0) is 31.5 Å². The minimum atomic E-state index is -3.95. The second kappa shape index (κ2) is 5.57. The minimum Gasteiger partial charge on any atom is -0.480 e. The highest BCUT2D eigenvalue weighted by Crippen LogP contribution is 2.32. The number of carboxylic acids is 1. The molecule has 0 radical (unpaired) electrons. The third-order valence-corrected chi connectivity index (χ3v) is 6.31. The molecule has 0 aliphatic heterocycles. The molecule has 0 aliphatic rings. The Bertz CT molecular complexity index is 800. The van der Waals surface area contributed by atoms with Crippen molar-refractivity contribution in [3.63, 3.8) is 0 Å². The lowest BCUT2D eigenvalue weighted by Gasteiger charge is -2.24. The van der Waals surface area contributed by atoms with E-state index in [0.717, 1.165) is 4.70 Å². The number of carbonyl (C=O) groups is 1. The van der Waals surface area contributed by atoms with E-state index in [4.69, 9.17) is 11.6 Å². The first-order chi connectivity index (χ1) is 9.69. The maximum atomic E-state index is 12.5. The van der Waals surface area contributed by atoms with Crippen LogP contribution < -0.4 is 4.72 Å². The second-order valence-electron chi connectivity index (χ2n) is 4.84. The van der Waals surface area contributed by atoms with E-state index in [1.165, 1.54) is 23.6 Å². The summed E-state index contributed by atoms with van der Waals surface area (Å²) in [5.41, 5.74) is -1.55. The van der Waals surface area contributed by atoms with Gasteiger partial charge < -0.3 is 5.11 Å². The number of nitrogens with one attached hydrogen (secondary N) is 1. The number of fused-ring (bicyclic) bond motifs is 1. The second-order valence-corrected chi connectivity index (χ2v) is 7.84. The number of rotatable bonds is 5. The maximum absolute atomic E-state index is 12.5. The number of aliphatic carboxylic acids is 1. The summed E-state index contributed by atoms with van der Waals surface area (Å²) in [4.78, 5) is 11.3. The number of benzene rings is 1. The molecule has 1 unspecified atom stereocenters. The van der Waals surface area contributed by atoms with Crippen LogP contribution in [0.4, 0.5) is 0 Å². The number of thiophene rings is 1. The molecule has 114 valence electrons. The van der Waals surface area contributed by atoms with Crippen LogP contribution in [0.15, 0.2) is 28.5 Å². The van der Waals surface area contributed by atoms with Crippen molar-refractivity contribution in [3.8, 4) is 0 Å². The van der Waals surface area contributed by atoms with Crippen molar-refractivity contribution in [1.82, 2.24) is 4.72 Å². The number of sulfonamides is 1. The lowest BCUT2D eigenvalue weighted by atomic mass is 10.0. The van der Waals surface area contributed by atoms with Gasteiger partial charge in [-0.15, -0.1) is 11.3 Å². The van der Waals surface area contributed by atoms with Gasteiger partial charge >= 0.3 is 5.97 Å². The monoisotopic (exact) mass is 347 g/mol. The molecule has 1 aromatic carbocycles. The quantitative estimate of drug-likeness (QED) is 0.870. The Morgan fingerprint density at radius 2 is 2.14 bits per heavy atom. The molecular weight excluding hydrogens is 334 g/mol. The molecule has 21 heavy (non-hydrogen) atoms. The maximum Gasteiger partial charge on any atom is 0.324 e. The smallest absolute Gasteiger partial charge is 0.324 e. The number of hydrogen-bond donors (Lipinski definition) is 2. The molecule has 0 aliphatic carbocycles. The van der Waals surface area contributed by atoms with Gasteiger partial charge in [-0.25, -0.2) is 8.42 Å². The van der Waals surface area contributed by atoms with Gasteiger partial charge in [0.2, 0.25) is 10.0 Å². The van der Waals surface area contributed by atoms with Crippen LogP contribution in [0.3, 0.4) is 0 Å². The van der Waals surface area contributed by atoms with Crippen LogP contribution in [0.1, 0.15) is 20.3 Å². The Morgan fingerprint density at radius 1 is 1.48 bits per heavy atom. The molecule has 8 heteroatoms. The van der Waals surface area contributed by atoms with Crippen LogP contribution in [0.2, 0.25) is 5.02 Å². The topological polar surface area (TPSA) is 83.5 Å². The molecule has 1 atom stereocenters. The van der Waals surface area contributed by atoms with Gasteiger partial charge in [0.25, 0.3) is 0 Å². The summed E-state index contributed by atoms with van der Waals surface area (Å²) in [6, 6.07) is 4.97. The third-order valence-electron chi connectivity index (χ3n) is 3.33. The van der Waals surface area contributed by atoms with Crippen molar-refractivity contribution in [1.29, 1.82) is 0 Å². The average Bonchev–Trinajstić information content (AvgIpc) is 2.81. The predicted molar refractivity (Wildman–Crippen MR) is 83.5 cm³/mol. The molecule has 0 fully saturated rings. The minimum absolute atomic E-state index is 0.0472. The summed E-state index contributed by atoms with van der Waals surface area (Å²) < 4.78 is 28.0. The van der Waals surface area contributed by atoms with E-state index >= 15 is 0 Å². The van der Waals surface area contributed by atoms with Crippen molar-refractivity contribution < 1.29 is 18.3 Å². The zero-order valence-electron chi connectivity index (χ0n) is 11.4. The number of halogens is 1. The van der Waals surface area contributed by atoms with E-state index < -0.39 is 21.5 Å². The Kier molecular flexibility index (Phi) is 4.30. The summed E-state index contributed by atoms with van der Waals surface area (Å²) in [7, 11) is -3.95. The van der Waals surface area contributed by atoms with Gasteiger partial charge in [-0.1, -0.05) is 18.5 Å². The van der Waals surface area contributed by atoms with E-state index in [1.54, 1.807) is 25.1 Å². The first-order valence-corrected chi connectivity index (χ1v) is 8.88. The lowest BCUT2D eigenvalue weighted by molar-refractivity contribution is -0.143. The molecule has 5 nitrogen and oxygen atoms in total. The first kappa shape index (κ1) is 16.2. The highest BCUT2D eigenvalue weighted by atomic mass is 35.5. The fraction of sp³-hybridized carbons (Fsp3) is 0.308. The molecule has 0 spiro atoms. The summed E-state index contributed by atoms with van der Waals surface area (Å²) in [5.74, 6) is -1.22. The summed E-state index contributed by atoms with van der Waals surface area (Å²) in [6.07, 6.45) is 0.129. The van der Waals surface area contributed by atoms with Crippen molar-refractivity contribution >= 4 is 49.0 Å². The van der Waals surface area contributed by atoms with Gasteiger partial charge in [0.1, 0.15) is 10.4 Å². The predicted octanol–water partition coefficient (Wildman–Crippen LogP) is 3.09. The van der Waals surface area contributed by atoms with Crippen LogP contribution in [-0.4, -0.2) is 25.0 Å². The fourth-order valence-electron chi connectivity index (χ4n) is 1.80. The van der Waals surface area contributed by atoms with E-state index in [-0.39, 0.29) is 11.3 Å².